The number of fused-ring (bicyclic) bond motifs is 5. The quantitative estimate of drug-likeness (QED) is 0.632. The molecule has 0 aliphatic heterocycles. The van der Waals surface area contributed by atoms with Crippen LogP contribution in [0.4, 0.5) is 13.2 Å². The molecule has 3 saturated carbocycles. The van der Waals surface area contributed by atoms with Crippen LogP contribution in [0.3, 0.4) is 0 Å². The molecule has 0 heterocycles. The van der Waals surface area contributed by atoms with Crippen LogP contribution in [0.1, 0.15) is 58.8 Å². The molecular formula is C21H26F3KO3. The topological polar surface area (TPSA) is 60.4 Å². The Morgan fingerprint density at radius 1 is 1.18 bits per heavy atom. The molecule has 0 bridgehead atoms. The minimum Gasteiger partial charge on any atom is -0.872 e. The molecule has 0 spiro atoms. The average Bonchev–Trinajstić information content (AvgIpc) is 2.89. The third kappa shape index (κ3) is 3.32. The van der Waals surface area contributed by atoms with E-state index in [0.717, 1.165) is 37.7 Å². The largest absolute Gasteiger partial charge is 1.00 e. The molecule has 0 aromatic heterocycles. The molecule has 0 aromatic carbocycles. The van der Waals surface area contributed by atoms with E-state index >= 15 is 0 Å². The van der Waals surface area contributed by atoms with Gasteiger partial charge in [-0.2, -0.15) is 13.2 Å². The SMILES string of the molecule is CC12CC(C(=O)C(F)(F)F)=C([O-])C=C1CCC1C2CCC2(C)C(O)CCC12.[K+]. The molecule has 0 amide bonds. The number of alkyl halides is 3. The zero-order valence-corrected chi connectivity index (χ0v) is 19.9. The molecule has 3 fully saturated rings. The van der Waals surface area contributed by atoms with Gasteiger partial charge in [0.1, 0.15) is 0 Å². The Hall–Kier alpha value is 0.336. The molecule has 0 aromatic rings. The number of carbonyl (C=O) groups is 1. The molecule has 3 nitrogen and oxygen atoms in total. The number of rotatable bonds is 1. The van der Waals surface area contributed by atoms with Crippen molar-refractivity contribution in [2.45, 2.75) is 71.1 Å². The summed E-state index contributed by atoms with van der Waals surface area (Å²) in [6.45, 7) is 4.09. The van der Waals surface area contributed by atoms with E-state index in [4.69, 9.17) is 0 Å². The summed E-state index contributed by atoms with van der Waals surface area (Å²) in [6.07, 6.45) is 0.894. The maximum absolute atomic E-state index is 13.0. The molecule has 28 heavy (non-hydrogen) atoms. The molecule has 4 rings (SSSR count). The molecule has 4 aliphatic rings. The van der Waals surface area contributed by atoms with Crippen molar-refractivity contribution in [3.05, 3.63) is 23.0 Å². The molecule has 6 unspecified atom stereocenters. The van der Waals surface area contributed by atoms with Crippen LogP contribution in [-0.4, -0.2) is 23.2 Å². The van der Waals surface area contributed by atoms with Crippen LogP contribution >= 0.6 is 0 Å². The summed E-state index contributed by atoms with van der Waals surface area (Å²) in [5, 5.41) is 22.7. The van der Waals surface area contributed by atoms with Gasteiger partial charge in [-0.15, -0.1) is 5.76 Å². The Kier molecular flexibility index (Phi) is 6.15. The fraction of sp³-hybridized carbons (Fsp3) is 0.762. The number of halogens is 3. The monoisotopic (exact) mass is 422 g/mol. The Balaban J connectivity index is 0.00000225. The van der Waals surface area contributed by atoms with E-state index in [1.54, 1.807) is 0 Å². The van der Waals surface area contributed by atoms with E-state index in [1.807, 2.05) is 6.92 Å². The maximum Gasteiger partial charge on any atom is 1.00 e. The van der Waals surface area contributed by atoms with Crippen LogP contribution in [0.15, 0.2) is 23.0 Å². The van der Waals surface area contributed by atoms with Gasteiger partial charge in [0.2, 0.25) is 0 Å². The van der Waals surface area contributed by atoms with Crippen molar-refractivity contribution in [3.8, 4) is 0 Å². The predicted molar refractivity (Wildman–Crippen MR) is 91.2 cm³/mol. The van der Waals surface area contributed by atoms with Crippen molar-refractivity contribution in [2.24, 2.45) is 28.6 Å². The first kappa shape index (κ1) is 23.0. The van der Waals surface area contributed by atoms with E-state index in [-0.39, 0.29) is 75.2 Å². The Morgan fingerprint density at radius 2 is 1.86 bits per heavy atom. The van der Waals surface area contributed by atoms with Crippen molar-refractivity contribution >= 4 is 5.78 Å². The van der Waals surface area contributed by atoms with Gasteiger partial charge < -0.3 is 10.2 Å². The van der Waals surface area contributed by atoms with E-state index in [1.165, 1.54) is 6.08 Å². The first-order valence-electron chi connectivity index (χ1n) is 9.89. The second-order valence-corrected chi connectivity index (χ2v) is 9.49. The third-order valence-electron chi connectivity index (χ3n) is 8.36. The van der Waals surface area contributed by atoms with E-state index in [2.05, 4.69) is 6.92 Å². The van der Waals surface area contributed by atoms with E-state index < -0.39 is 28.7 Å². The summed E-state index contributed by atoms with van der Waals surface area (Å²) in [4.78, 5) is 11.8. The van der Waals surface area contributed by atoms with Gasteiger partial charge in [0.05, 0.1) is 6.10 Å². The Bertz CT molecular complexity index is 744. The molecule has 6 atom stereocenters. The van der Waals surface area contributed by atoms with E-state index in [9.17, 15) is 28.2 Å². The van der Waals surface area contributed by atoms with Crippen molar-refractivity contribution in [1.82, 2.24) is 0 Å². The normalized spacial score (nSPS) is 42.7. The van der Waals surface area contributed by atoms with Crippen molar-refractivity contribution in [3.63, 3.8) is 0 Å². The Morgan fingerprint density at radius 3 is 2.50 bits per heavy atom. The van der Waals surface area contributed by atoms with E-state index in [0.29, 0.717) is 18.3 Å². The zero-order chi connectivity index (χ0) is 19.8. The third-order valence-corrected chi connectivity index (χ3v) is 8.36. The first-order valence-corrected chi connectivity index (χ1v) is 9.89. The number of hydrogen-bond donors (Lipinski definition) is 1. The Labute approximate surface area is 206 Å². The predicted octanol–water partition coefficient (Wildman–Crippen LogP) is 0.670. The minimum absolute atomic E-state index is 0. The number of hydrogen-bond acceptors (Lipinski definition) is 3. The molecule has 4 aliphatic carbocycles. The standard InChI is InChI=1S/C21H27F3O3.K/c1-19-8-7-15-12(14(19)5-6-17(19)26)4-3-11-9-16(25)13(10-20(11,15)2)18(27)21(22,23)24;/h9,12,14-15,17,25-26H,3-8,10H2,1-2H3;/q;+1/p-1. The minimum atomic E-state index is -5.01. The van der Waals surface area contributed by atoms with Crippen molar-refractivity contribution in [2.75, 3.05) is 0 Å². The molecule has 0 saturated heterocycles. The van der Waals surface area contributed by atoms with Gasteiger partial charge in [0.25, 0.3) is 5.78 Å². The van der Waals surface area contributed by atoms with Crippen LogP contribution in [0.5, 0.6) is 0 Å². The van der Waals surface area contributed by atoms with Crippen molar-refractivity contribution < 1.29 is 79.6 Å². The maximum atomic E-state index is 13.0. The number of ketones is 1. The number of aliphatic hydroxyl groups excluding tert-OH is 1. The summed E-state index contributed by atoms with van der Waals surface area (Å²) in [7, 11) is 0. The second kappa shape index (κ2) is 7.48. The van der Waals surface area contributed by atoms with Gasteiger partial charge in [-0.05, 0) is 79.1 Å². The first-order chi connectivity index (χ1) is 12.5. The summed E-state index contributed by atoms with van der Waals surface area (Å²) in [6, 6.07) is 0. The average molecular weight is 423 g/mol. The van der Waals surface area contributed by atoms with Crippen LogP contribution in [-0.2, 0) is 4.79 Å². The fourth-order valence-electron chi connectivity index (χ4n) is 6.84. The summed E-state index contributed by atoms with van der Waals surface area (Å²) >= 11 is 0. The van der Waals surface area contributed by atoms with Gasteiger partial charge in [-0.25, -0.2) is 0 Å². The summed E-state index contributed by atoms with van der Waals surface area (Å²) in [5.74, 6) is -1.89. The van der Waals surface area contributed by atoms with Crippen LogP contribution in [0, 0.1) is 28.6 Å². The van der Waals surface area contributed by atoms with Gasteiger partial charge in [-0.1, -0.05) is 25.5 Å². The van der Waals surface area contributed by atoms with Crippen LogP contribution < -0.4 is 56.5 Å². The number of aliphatic hydroxyl groups is 1. The number of carbonyl (C=O) groups excluding carboxylic acids is 1. The van der Waals surface area contributed by atoms with Crippen LogP contribution in [0.2, 0.25) is 0 Å². The van der Waals surface area contributed by atoms with Gasteiger partial charge in [0, 0.05) is 0 Å². The smallest absolute Gasteiger partial charge is 0.872 e. The summed E-state index contributed by atoms with van der Waals surface area (Å²) < 4.78 is 39.0. The van der Waals surface area contributed by atoms with Gasteiger partial charge in [-0.3, -0.25) is 4.79 Å². The summed E-state index contributed by atoms with van der Waals surface area (Å²) in [5.41, 5.74) is -0.372. The van der Waals surface area contributed by atoms with Gasteiger partial charge >= 0.3 is 57.6 Å². The van der Waals surface area contributed by atoms with Crippen molar-refractivity contribution in [1.29, 1.82) is 0 Å². The molecule has 7 heteroatoms. The molecule has 150 valence electrons. The number of allylic oxidation sites excluding steroid dienone is 3. The van der Waals surface area contributed by atoms with Gasteiger partial charge in [0.15, 0.2) is 0 Å². The number of Topliss-reactive ketones (excluding diaryl/α,β-unsaturated/α-hetero) is 1. The van der Waals surface area contributed by atoms with Crippen LogP contribution in [0.25, 0.3) is 0 Å². The fourth-order valence-corrected chi connectivity index (χ4v) is 6.84. The molecule has 0 radical (unpaired) electrons. The zero-order valence-electron chi connectivity index (χ0n) is 16.7. The molecule has 1 N–H and O–H groups in total. The second-order valence-electron chi connectivity index (χ2n) is 9.49. The molecular weight excluding hydrogens is 396 g/mol.